The SMILES string of the molecule is NCCCCNc1ccc2c(c1)CCCS2(=O)=O. The summed E-state index contributed by atoms with van der Waals surface area (Å²) < 4.78 is 23.7. The van der Waals surface area contributed by atoms with E-state index in [2.05, 4.69) is 5.32 Å². The van der Waals surface area contributed by atoms with Crippen LogP contribution < -0.4 is 11.1 Å². The van der Waals surface area contributed by atoms with Crippen molar-refractivity contribution >= 4 is 15.5 Å². The molecule has 2 rings (SSSR count). The molecule has 0 unspecified atom stereocenters. The summed E-state index contributed by atoms with van der Waals surface area (Å²) in [6.07, 6.45) is 3.62. The monoisotopic (exact) mass is 268 g/mol. The topological polar surface area (TPSA) is 72.2 Å². The molecular formula is C13H20N2O2S. The third kappa shape index (κ3) is 3.03. The standard InChI is InChI=1S/C13H20N2O2S/c14-7-1-2-8-15-12-5-6-13-11(10-12)4-3-9-18(13,16)17/h5-6,10,15H,1-4,7-9,14H2. The molecule has 1 heterocycles. The van der Waals surface area contributed by atoms with Crippen molar-refractivity contribution in [2.24, 2.45) is 5.73 Å². The maximum atomic E-state index is 11.8. The third-order valence-electron chi connectivity index (χ3n) is 3.21. The fourth-order valence-electron chi connectivity index (χ4n) is 2.25. The molecule has 1 aromatic rings. The number of anilines is 1. The zero-order valence-electron chi connectivity index (χ0n) is 10.5. The number of benzene rings is 1. The fraction of sp³-hybridized carbons (Fsp3) is 0.538. The van der Waals surface area contributed by atoms with Gasteiger partial charge in [0.15, 0.2) is 9.84 Å². The number of fused-ring (bicyclic) bond motifs is 1. The van der Waals surface area contributed by atoms with Crippen LogP contribution >= 0.6 is 0 Å². The van der Waals surface area contributed by atoms with Crippen LogP contribution in [0.1, 0.15) is 24.8 Å². The molecule has 0 radical (unpaired) electrons. The molecule has 18 heavy (non-hydrogen) atoms. The second-order valence-corrected chi connectivity index (χ2v) is 6.75. The minimum absolute atomic E-state index is 0.281. The third-order valence-corrected chi connectivity index (χ3v) is 5.11. The minimum atomic E-state index is -3.03. The second kappa shape index (κ2) is 5.71. The highest BCUT2D eigenvalue weighted by molar-refractivity contribution is 7.91. The Morgan fingerprint density at radius 2 is 2.11 bits per heavy atom. The van der Waals surface area contributed by atoms with Gasteiger partial charge in [-0.05, 0) is 56.0 Å². The summed E-state index contributed by atoms with van der Waals surface area (Å²) in [6, 6.07) is 5.55. The lowest BCUT2D eigenvalue weighted by atomic mass is 10.1. The minimum Gasteiger partial charge on any atom is -0.385 e. The highest BCUT2D eigenvalue weighted by Crippen LogP contribution is 2.27. The Bertz CT molecular complexity index is 512. The maximum Gasteiger partial charge on any atom is 0.178 e. The number of rotatable bonds is 5. The van der Waals surface area contributed by atoms with Gasteiger partial charge < -0.3 is 11.1 Å². The quantitative estimate of drug-likeness (QED) is 0.795. The predicted molar refractivity (Wildman–Crippen MR) is 73.6 cm³/mol. The van der Waals surface area contributed by atoms with Gasteiger partial charge in [-0.15, -0.1) is 0 Å². The molecule has 0 saturated heterocycles. The first-order valence-electron chi connectivity index (χ1n) is 6.43. The summed E-state index contributed by atoms with van der Waals surface area (Å²) in [6.45, 7) is 1.59. The molecule has 1 aliphatic heterocycles. The average Bonchev–Trinajstić information content (AvgIpc) is 2.34. The number of hydrogen-bond acceptors (Lipinski definition) is 4. The van der Waals surface area contributed by atoms with E-state index >= 15 is 0 Å². The number of nitrogens with two attached hydrogens (primary N) is 1. The smallest absolute Gasteiger partial charge is 0.178 e. The van der Waals surface area contributed by atoms with Crippen molar-refractivity contribution in [3.8, 4) is 0 Å². The number of nitrogens with one attached hydrogen (secondary N) is 1. The van der Waals surface area contributed by atoms with E-state index in [1.54, 1.807) is 6.07 Å². The van der Waals surface area contributed by atoms with Crippen LogP contribution in [0, 0.1) is 0 Å². The van der Waals surface area contributed by atoms with Crippen LogP contribution in [-0.4, -0.2) is 27.3 Å². The lowest BCUT2D eigenvalue weighted by Gasteiger charge is -2.17. The van der Waals surface area contributed by atoms with Gasteiger partial charge in [0, 0.05) is 12.2 Å². The number of aryl methyl sites for hydroxylation is 1. The molecule has 3 N–H and O–H groups in total. The van der Waals surface area contributed by atoms with E-state index in [9.17, 15) is 8.42 Å². The zero-order valence-corrected chi connectivity index (χ0v) is 11.3. The molecule has 0 saturated carbocycles. The second-order valence-electron chi connectivity index (χ2n) is 4.67. The van der Waals surface area contributed by atoms with Crippen molar-refractivity contribution in [3.63, 3.8) is 0 Å². The summed E-state index contributed by atoms with van der Waals surface area (Å²) in [5, 5.41) is 3.31. The van der Waals surface area contributed by atoms with Gasteiger partial charge in [0.25, 0.3) is 0 Å². The van der Waals surface area contributed by atoms with Crippen molar-refractivity contribution < 1.29 is 8.42 Å². The molecule has 0 bridgehead atoms. The van der Waals surface area contributed by atoms with Gasteiger partial charge in [-0.25, -0.2) is 8.42 Å². The first-order chi connectivity index (χ1) is 8.63. The van der Waals surface area contributed by atoms with E-state index in [4.69, 9.17) is 5.73 Å². The van der Waals surface area contributed by atoms with Gasteiger partial charge in [-0.1, -0.05) is 0 Å². The van der Waals surface area contributed by atoms with Gasteiger partial charge in [0.2, 0.25) is 0 Å². The Hall–Kier alpha value is -1.07. The number of sulfone groups is 1. The molecule has 100 valence electrons. The summed E-state index contributed by atoms with van der Waals surface area (Å²) in [5.74, 6) is 0.281. The number of hydrogen-bond donors (Lipinski definition) is 2. The van der Waals surface area contributed by atoms with Crippen LogP contribution in [-0.2, 0) is 16.3 Å². The van der Waals surface area contributed by atoms with E-state index in [1.807, 2.05) is 12.1 Å². The summed E-state index contributed by atoms with van der Waals surface area (Å²) >= 11 is 0. The molecule has 0 fully saturated rings. The summed E-state index contributed by atoms with van der Waals surface area (Å²) in [5.41, 5.74) is 7.39. The van der Waals surface area contributed by atoms with Gasteiger partial charge in [-0.2, -0.15) is 0 Å². The highest BCUT2D eigenvalue weighted by atomic mass is 32.2. The average molecular weight is 268 g/mol. The van der Waals surface area contributed by atoms with E-state index < -0.39 is 9.84 Å². The normalized spacial score (nSPS) is 17.2. The van der Waals surface area contributed by atoms with Gasteiger partial charge in [0.1, 0.15) is 0 Å². The van der Waals surface area contributed by atoms with Crippen LogP contribution in [0.25, 0.3) is 0 Å². The Balaban J connectivity index is 2.08. The Kier molecular flexibility index (Phi) is 4.24. The molecule has 0 aliphatic carbocycles. The molecule has 0 atom stereocenters. The molecule has 1 aliphatic rings. The molecular weight excluding hydrogens is 248 g/mol. The Labute approximate surface area is 108 Å². The largest absolute Gasteiger partial charge is 0.385 e. The van der Waals surface area contributed by atoms with Crippen LogP contribution in [0.3, 0.4) is 0 Å². The Morgan fingerprint density at radius 1 is 1.28 bits per heavy atom. The molecule has 1 aromatic carbocycles. The van der Waals surface area contributed by atoms with Gasteiger partial charge >= 0.3 is 0 Å². The summed E-state index contributed by atoms with van der Waals surface area (Å²) in [4.78, 5) is 0.515. The van der Waals surface area contributed by atoms with Crippen LogP contribution in [0.4, 0.5) is 5.69 Å². The predicted octanol–water partition coefficient (Wildman–Crippen LogP) is 1.56. The molecule has 0 amide bonds. The van der Waals surface area contributed by atoms with Crippen LogP contribution in [0.15, 0.2) is 23.1 Å². The van der Waals surface area contributed by atoms with Crippen molar-refractivity contribution in [3.05, 3.63) is 23.8 Å². The summed E-state index contributed by atoms with van der Waals surface area (Å²) in [7, 11) is -3.03. The van der Waals surface area contributed by atoms with Gasteiger partial charge in [-0.3, -0.25) is 0 Å². The Morgan fingerprint density at radius 3 is 2.89 bits per heavy atom. The van der Waals surface area contributed by atoms with Crippen LogP contribution in [0.2, 0.25) is 0 Å². The number of unbranched alkanes of at least 4 members (excludes halogenated alkanes) is 1. The maximum absolute atomic E-state index is 11.8. The van der Waals surface area contributed by atoms with Crippen molar-refractivity contribution in [2.45, 2.75) is 30.6 Å². The fourth-order valence-corrected chi connectivity index (χ4v) is 3.83. The first-order valence-corrected chi connectivity index (χ1v) is 8.08. The molecule has 5 heteroatoms. The van der Waals surface area contributed by atoms with Gasteiger partial charge in [0.05, 0.1) is 10.6 Å². The van der Waals surface area contributed by atoms with E-state index in [-0.39, 0.29) is 5.75 Å². The van der Waals surface area contributed by atoms with Crippen molar-refractivity contribution in [2.75, 3.05) is 24.2 Å². The first kappa shape index (κ1) is 13.4. The molecule has 0 spiro atoms. The zero-order chi connectivity index (χ0) is 13.0. The highest BCUT2D eigenvalue weighted by Gasteiger charge is 2.23. The molecule has 0 aromatic heterocycles. The lowest BCUT2D eigenvalue weighted by Crippen LogP contribution is -2.16. The van der Waals surface area contributed by atoms with Crippen LogP contribution in [0.5, 0.6) is 0 Å². The van der Waals surface area contributed by atoms with Crippen molar-refractivity contribution in [1.29, 1.82) is 0 Å². The lowest BCUT2D eigenvalue weighted by molar-refractivity contribution is 0.586. The van der Waals surface area contributed by atoms with E-state index in [1.165, 1.54) is 0 Å². The van der Waals surface area contributed by atoms with E-state index in [0.717, 1.165) is 43.5 Å². The van der Waals surface area contributed by atoms with Crippen molar-refractivity contribution in [1.82, 2.24) is 0 Å². The van der Waals surface area contributed by atoms with E-state index in [0.29, 0.717) is 11.4 Å². The molecule has 4 nitrogen and oxygen atoms in total.